The zero-order chi connectivity index (χ0) is 17.9. The average Bonchev–Trinajstić information content (AvgIpc) is 3.31. The van der Waals surface area contributed by atoms with Crippen LogP contribution in [0.1, 0.15) is 10.4 Å². The molecule has 1 aliphatic rings. The van der Waals surface area contributed by atoms with Gasteiger partial charge in [0, 0.05) is 12.1 Å². The summed E-state index contributed by atoms with van der Waals surface area (Å²) in [6.07, 6.45) is 0. The molecule has 26 heavy (non-hydrogen) atoms. The fraction of sp³-hybridized carbons (Fsp3) is 0.235. The molecule has 3 aromatic rings. The second kappa shape index (κ2) is 7.04. The summed E-state index contributed by atoms with van der Waals surface area (Å²) in [6.45, 7) is 1.41. The van der Waals surface area contributed by atoms with Crippen molar-refractivity contribution in [3.05, 3.63) is 51.8 Å². The Morgan fingerprint density at radius 1 is 1.23 bits per heavy atom. The molecule has 0 saturated carbocycles. The van der Waals surface area contributed by atoms with Gasteiger partial charge < -0.3 is 19.2 Å². The summed E-state index contributed by atoms with van der Waals surface area (Å²) in [5.74, 6) is 0.641. The number of aromatic nitrogens is 2. The minimum absolute atomic E-state index is 0.212. The molecule has 4 rings (SSSR count). The van der Waals surface area contributed by atoms with Gasteiger partial charge in [-0.05, 0) is 29.6 Å². The quantitative estimate of drug-likeness (QED) is 0.732. The van der Waals surface area contributed by atoms with Gasteiger partial charge in [-0.3, -0.25) is 4.79 Å². The lowest BCUT2D eigenvalue weighted by atomic mass is 10.2. The first-order valence-corrected chi connectivity index (χ1v) is 8.88. The molecule has 0 unspecified atom stereocenters. The number of benzene rings is 1. The van der Waals surface area contributed by atoms with Crippen LogP contribution in [0.25, 0.3) is 10.8 Å². The summed E-state index contributed by atoms with van der Waals surface area (Å²) in [6, 6.07) is 8.69. The number of hydrogen-bond donors (Lipinski definition) is 1. The van der Waals surface area contributed by atoms with Gasteiger partial charge in [0.25, 0.3) is 11.8 Å². The van der Waals surface area contributed by atoms with Crippen LogP contribution in [0.2, 0.25) is 0 Å². The number of carbonyl (C=O) groups excluding carboxylic acids is 1. The topological polar surface area (TPSA) is 95.6 Å². The summed E-state index contributed by atoms with van der Waals surface area (Å²) in [7, 11) is 0. The highest BCUT2D eigenvalue weighted by molar-refractivity contribution is 7.13. The van der Waals surface area contributed by atoms with E-state index in [1.807, 2.05) is 17.5 Å². The average molecular weight is 373 g/mol. The molecule has 1 aromatic carbocycles. The number of hydrogen-bond acceptors (Lipinski definition) is 7. The first-order chi connectivity index (χ1) is 12.7. The summed E-state index contributed by atoms with van der Waals surface area (Å²) in [5.41, 5.74) is 0.459. The van der Waals surface area contributed by atoms with Gasteiger partial charge in [0.05, 0.1) is 11.4 Å². The Morgan fingerprint density at radius 2 is 2.08 bits per heavy atom. The largest absolute Gasteiger partial charge is 0.486 e. The number of nitrogens with zero attached hydrogens (tertiary/aromatic N) is 2. The molecule has 0 saturated heterocycles. The summed E-state index contributed by atoms with van der Waals surface area (Å²) >= 11 is 1.43. The molecule has 2 aromatic heterocycles. The predicted octanol–water partition coefficient (Wildman–Crippen LogP) is 1.77. The van der Waals surface area contributed by atoms with Crippen molar-refractivity contribution in [2.75, 3.05) is 19.8 Å². The van der Waals surface area contributed by atoms with E-state index >= 15 is 0 Å². The number of fused-ring (bicyclic) bond motifs is 1. The standard InChI is InChI=1S/C17H15N3O5S/c21-15(11-3-4-12-13(10-11)24-8-7-23-12)18-5-6-20-17(22)25-16(19-20)14-2-1-9-26-14/h1-4,9-10H,5-8H2,(H,18,21). The third kappa shape index (κ3) is 3.33. The number of carbonyl (C=O) groups is 1. The molecular formula is C17H15N3O5S. The predicted molar refractivity (Wildman–Crippen MR) is 93.8 cm³/mol. The monoisotopic (exact) mass is 373 g/mol. The Kier molecular flexibility index (Phi) is 4.44. The highest BCUT2D eigenvalue weighted by Crippen LogP contribution is 2.30. The van der Waals surface area contributed by atoms with Crippen LogP contribution in [-0.2, 0) is 6.54 Å². The molecule has 1 amide bonds. The van der Waals surface area contributed by atoms with Gasteiger partial charge in [0.2, 0.25) is 0 Å². The van der Waals surface area contributed by atoms with E-state index < -0.39 is 5.76 Å². The molecule has 0 atom stereocenters. The minimum Gasteiger partial charge on any atom is -0.486 e. The van der Waals surface area contributed by atoms with Crippen molar-refractivity contribution in [3.63, 3.8) is 0 Å². The molecule has 0 spiro atoms. The van der Waals surface area contributed by atoms with Crippen molar-refractivity contribution in [2.45, 2.75) is 6.54 Å². The normalized spacial score (nSPS) is 12.8. The van der Waals surface area contributed by atoms with Crippen LogP contribution in [0.4, 0.5) is 0 Å². The van der Waals surface area contributed by atoms with Crippen LogP contribution in [0.3, 0.4) is 0 Å². The lowest BCUT2D eigenvalue weighted by Gasteiger charge is -2.18. The van der Waals surface area contributed by atoms with Gasteiger partial charge in [-0.15, -0.1) is 16.4 Å². The van der Waals surface area contributed by atoms with Crippen LogP contribution in [0, 0.1) is 0 Å². The Hall–Kier alpha value is -3.07. The van der Waals surface area contributed by atoms with Gasteiger partial charge in [-0.25, -0.2) is 4.79 Å². The fourth-order valence-corrected chi connectivity index (χ4v) is 3.15. The van der Waals surface area contributed by atoms with E-state index in [1.165, 1.54) is 16.0 Å². The van der Waals surface area contributed by atoms with Crippen LogP contribution in [-0.4, -0.2) is 35.4 Å². The molecule has 0 radical (unpaired) electrons. The second-order valence-electron chi connectivity index (χ2n) is 5.49. The maximum absolute atomic E-state index is 12.3. The summed E-state index contributed by atoms with van der Waals surface area (Å²) in [4.78, 5) is 24.9. The van der Waals surface area contributed by atoms with Gasteiger partial charge in [-0.2, -0.15) is 4.68 Å². The molecular weight excluding hydrogens is 358 g/mol. The van der Waals surface area contributed by atoms with Crippen LogP contribution < -0.4 is 20.5 Å². The zero-order valence-electron chi connectivity index (χ0n) is 13.6. The molecule has 9 heteroatoms. The third-order valence-corrected chi connectivity index (χ3v) is 4.61. The lowest BCUT2D eigenvalue weighted by Crippen LogP contribution is -2.30. The number of thiophene rings is 1. The van der Waals surface area contributed by atoms with Crippen molar-refractivity contribution < 1.29 is 18.7 Å². The maximum atomic E-state index is 12.3. The Labute approximate surface area is 152 Å². The maximum Gasteiger partial charge on any atom is 0.437 e. The number of rotatable bonds is 5. The number of amides is 1. The van der Waals surface area contributed by atoms with E-state index in [1.54, 1.807) is 18.2 Å². The van der Waals surface area contributed by atoms with Crippen molar-refractivity contribution in [2.24, 2.45) is 0 Å². The Morgan fingerprint density at radius 3 is 2.88 bits per heavy atom. The third-order valence-electron chi connectivity index (χ3n) is 3.75. The number of ether oxygens (including phenoxy) is 2. The van der Waals surface area contributed by atoms with Crippen LogP contribution >= 0.6 is 11.3 Å². The highest BCUT2D eigenvalue weighted by Gasteiger charge is 2.15. The second-order valence-corrected chi connectivity index (χ2v) is 6.44. The summed E-state index contributed by atoms with van der Waals surface area (Å²) < 4.78 is 17.2. The molecule has 3 heterocycles. The molecule has 0 fully saturated rings. The first-order valence-electron chi connectivity index (χ1n) is 8.00. The van der Waals surface area contributed by atoms with Crippen LogP contribution in [0.15, 0.2) is 44.9 Å². The van der Waals surface area contributed by atoms with Gasteiger partial charge >= 0.3 is 5.76 Å². The van der Waals surface area contributed by atoms with E-state index in [0.29, 0.717) is 30.3 Å². The van der Waals surface area contributed by atoms with Crippen molar-refractivity contribution in [1.29, 1.82) is 0 Å². The first kappa shape index (κ1) is 16.4. The van der Waals surface area contributed by atoms with E-state index in [9.17, 15) is 9.59 Å². The van der Waals surface area contributed by atoms with Gasteiger partial charge in [0.1, 0.15) is 13.2 Å². The van der Waals surface area contributed by atoms with Gasteiger partial charge in [0.15, 0.2) is 11.5 Å². The Balaban J connectivity index is 1.37. The lowest BCUT2D eigenvalue weighted by molar-refractivity contribution is 0.0950. The Bertz CT molecular complexity index is 977. The van der Waals surface area contributed by atoms with Crippen LogP contribution in [0.5, 0.6) is 11.5 Å². The summed E-state index contributed by atoms with van der Waals surface area (Å²) in [5, 5.41) is 8.77. The van der Waals surface area contributed by atoms with Crippen molar-refractivity contribution in [3.8, 4) is 22.3 Å². The van der Waals surface area contributed by atoms with E-state index in [-0.39, 0.29) is 24.9 Å². The molecule has 0 bridgehead atoms. The molecule has 134 valence electrons. The van der Waals surface area contributed by atoms with E-state index in [0.717, 1.165) is 4.88 Å². The zero-order valence-corrected chi connectivity index (χ0v) is 14.5. The molecule has 1 N–H and O–H groups in total. The molecule has 0 aliphatic carbocycles. The van der Waals surface area contributed by atoms with Gasteiger partial charge in [-0.1, -0.05) is 6.07 Å². The highest BCUT2D eigenvalue weighted by atomic mass is 32.1. The van der Waals surface area contributed by atoms with Crippen molar-refractivity contribution >= 4 is 17.2 Å². The molecule has 8 nitrogen and oxygen atoms in total. The van der Waals surface area contributed by atoms with E-state index in [4.69, 9.17) is 13.9 Å². The smallest absolute Gasteiger partial charge is 0.437 e. The number of nitrogens with one attached hydrogen (secondary N) is 1. The molecule has 1 aliphatic heterocycles. The fourth-order valence-electron chi connectivity index (χ4n) is 2.51. The van der Waals surface area contributed by atoms with E-state index in [2.05, 4.69) is 10.4 Å². The van der Waals surface area contributed by atoms with Crippen molar-refractivity contribution in [1.82, 2.24) is 15.1 Å². The SMILES string of the molecule is O=C(NCCn1nc(-c2cccs2)oc1=O)c1ccc2c(c1)OCCO2. The minimum atomic E-state index is -0.554.